The Morgan fingerprint density at radius 3 is 2.48 bits per heavy atom. The number of aromatic amines is 1. The highest BCUT2D eigenvalue weighted by Gasteiger charge is 2.17. The zero-order valence-corrected chi connectivity index (χ0v) is 13.9. The summed E-state index contributed by atoms with van der Waals surface area (Å²) in [4.78, 5) is 31.1. The largest absolute Gasteiger partial charge is 0.330 e. The Morgan fingerprint density at radius 2 is 1.87 bits per heavy atom. The first kappa shape index (κ1) is 15.8. The van der Waals surface area contributed by atoms with E-state index in [0.717, 1.165) is 5.56 Å². The molecule has 0 atom stereocenters. The number of nitrogens with one attached hydrogen (secondary N) is 1. The van der Waals surface area contributed by atoms with Gasteiger partial charge in [-0.2, -0.15) is 0 Å². The van der Waals surface area contributed by atoms with E-state index in [9.17, 15) is 9.59 Å². The number of hydrogen-bond donors (Lipinski definition) is 1. The van der Waals surface area contributed by atoms with Gasteiger partial charge in [0.05, 0.1) is 12.4 Å². The molecule has 23 heavy (non-hydrogen) atoms. The van der Waals surface area contributed by atoms with Gasteiger partial charge in [0.15, 0.2) is 11.2 Å². The lowest BCUT2D eigenvalue weighted by Gasteiger charge is -2.07. The van der Waals surface area contributed by atoms with Crippen LogP contribution in [0.4, 0.5) is 0 Å². The van der Waals surface area contributed by atoms with Gasteiger partial charge in [-0.3, -0.25) is 14.3 Å². The molecule has 0 saturated carbocycles. The number of fused-ring (bicyclic) bond motifs is 1. The van der Waals surface area contributed by atoms with Gasteiger partial charge in [0, 0.05) is 11.6 Å². The highest BCUT2D eigenvalue weighted by molar-refractivity contribution is 6.30. The quantitative estimate of drug-likeness (QED) is 0.732. The van der Waals surface area contributed by atoms with E-state index in [1.165, 1.54) is 4.57 Å². The summed E-state index contributed by atoms with van der Waals surface area (Å²) in [6.45, 7) is 2.72. The van der Waals surface area contributed by atoms with E-state index in [0.29, 0.717) is 28.6 Å². The van der Waals surface area contributed by atoms with Gasteiger partial charge in [0.25, 0.3) is 5.56 Å². The zero-order valence-electron chi connectivity index (χ0n) is 12.3. The third kappa shape index (κ3) is 2.80. The Balaban J connectivity index is 2.24. The van der Waals surface area contributed by atoms with Gasteiger partial charge in [0.1, 0.15) is 5.82 Å². The second kappa shape index (κ2) is 6.22. The summed E-state index contributed by atoms with van der Waals surface area (Å²) >= 11 is 11.8. The van der Waals surface area contributed by atoms with Gasteiger partial charge in [-0.1, -0.05) is 23.7 Å². The average molecular weight is 353 g/mol. The van der Waals surface area contributed by atoms with Gasteiger partial charge < -0.3 is 4.57 Å². The third-order valence-corrected chi connectivity index (χ3v) is 4.15. The zero-order chi connectivity index (χ0) is 16.6. The van der Waals surface area contributed by atoms with Gasteiger partial charge >= 0.3 is 5.69 Å². The van der Waals surface area contributed by atoms with Gasteiger partial charge in [-0.15, -0.1) is 11.6 Å². The molecule has 2 heterocycles. The minimum Gasteiger partial charge on any atom is -0.321 e. The van der Waals surface area contributed by atoms with Crippen molar-refractivity contribution in [2.45, 2.75) is 25.9 Å². The van der Waals surface area contributed by atoms with E-state index in [2.05, 4.69) is 9.97 Å². The molecule has 1 aromatic carbocycles. The molecule has 0 aliphatic heterocycles. The third-order valence-electron chi connectivity index (χ3n) is 3.65. The van der Waals surface area contributed by atoms with E-state index in [-0.39, 0.29) is 12.4 Å². The highest BCUT2D eigenvalue weighted by atomic mass is 35.5. The molecule has 0 bridgehead atoms. The normalized spacial score (nSPS) is 11.3. The summed E-state index contributed by atoms with van der Waals surface area (Å²) in [6.07, 6.45) is 0. The van der Waals surface area contributed by atoms with E-state index in [1.807, 2.05) is 19.1 Å². The molecule has 0 spiro atoms. The number of imidazole rings is 1. The van der Waals surface area contributed by atoms with Crippen molar-refractivity contribution >= 4 is 34.4 Å². The molecule has 0 fully saturated rings. The van der Waals surface area contributed by atoms with Crippen molar-refractivity contribution in [3.8, 4) is 0 Å². The van der Waals surface area contributed by atoms with Crippen molar-refractivity contribution in [2.24, 2.45) is 0 Å². The van der Waals surface area contributed by atoms with Crippen LogP contribution < -0.4 is 11.2 Å². The molecule has 8 heteroatoms. The Hall–Kier alpha value is -2.05. The number of nitrogens with zero attached hydrogens (tertiary/aromatic N) is 3. The molecular weight excluding hydrogens is 339 g/mol. The smallest absolute Gasteiger partial charge is 0.321 e. The maximum absolute atomic E-state index is 12.2. The lowest BCUT2D eigenvalue weighted by atomic mass is 10.2. The molecule has 0 unspecified atom stereocenters. The standard InChI is InChI=1S/C15H14Cl2N4O2/c1-2-20-11(7-16)18-13-12(20)14(22)19-15(23)21(13)8-9-3-5-10(17)6-4-9/h3-6H,2,7-8H2,1H3,(H,19,22,23). The number of aromatic nitrogens is 4. The molecule has 0 aliphatic rings. The molecular formula is C15H14Cl2N4O2. The van der Waals surface area contributed by atoms with E-state index < -0.39 is 11.2 Å². The van der Waals surface area contributed by atoms with E-state index in [1.54, 1.807) is 16.7 Å². The first-order valence-electron chi connectivity index (χ1n) is 7.07. The summed E-state index contributed by atoms with van der Waals surface area (Å²) in [6, 6.07) is 7.15. The van der Waals surface area contributed by atoms with Crippen LogP contribution in [0.3, 0.4) is 0 Å². The molecule has 0 radical (unpaired) electrons. The monoisotopic (exact) mass is 352 g/mol. The summed E-state index contributed by atoms with van der Waals surface area (Å²) in [5.74, 6) is 0.724. The van der Waals surface area contributed by atoms with Crippen molar-refractivity contribution in [1.82, 2.24) is 19.1 Å². The summed E-state index contributed by atoms with van der Waals surface area (Å²) in [7, 11) is 0. The van der Waals surface area contributed by atoms with Crippen molar-refractivity contribution < 1.29 is 0 Å². The Labute approximate surface area is 141 Å². The number of aryl methyl sites for hydroxylation is 1. The predicted molar refractivity (Wildman–Crippen MR) is 90.4 cm³/mol. The topological polar surface area (TPSA) is 72.7 Å². The van der Waals surface area contributed by atoms with Crippen LogP contribution in [0.1, 0.15) is 18.3 Å². The van der Waals surface area contributed by atoms with Crippen LogP contribution in [0.5, 0.6) is 0 Å². The summed E-state index contributed by atoms with van der Waals surface area (Å²) in [5.41, 5.74) is 0.619. The Morgan fingerprint density at radius 1 is 1.17 bits per heavy atom. The molecule has 3 rings (SSSR count). The van der Waals surface area contributed by atoms with Crippen LogP contribution in [0.15, 0.2) is 33.9 Å². The van der Waals surface area contributed by atoms with Crippen LogP contribution in [0.2, 0.25) is 5.02 Å². The molecule has 1 N–H and O–H groups in total. The molecule has 0 saturated heterocycles. The Kier molecular flexibility index (Phi) is 4.28. The fraction of sp³-hybridized carbons (Fsp3) is 0.267. The van der Waals surface area contributed by atoms with E-state index >= 15 is 0 Å². The number of hydrogen-bond acceptors (Lipinski definition) is 3. The lowest BCUT2D eigenvalue weighted by molar-refractivity contribution is 0.736. The second-order valence-electron chi connectivity index (χ2n) is 5.05. The van der Waals surface area contributed by atoms with Crippen molar-refractivity contribution in [2.75, 3.05) is 0 Å². The average Bonchev–Trinajstić information content (AvgIpc) is 2.92. The minimum absolute atomic E-state index is 0.164. The Bertz CT molecular complexity index is 970. The second-order valence-corrected chi connectivity index (χ2v) is 5.75. The van der Waals surface area contributed by atoms with Crippen molar-refractivity contribution in [3.05, 3.63) is 61.5 Å². The summed E-state index contributed by atoms with van der Waals surface area (Å²) in [5, 5.41) is 0.618. The first-order chi connectivity index (χ1) is 11.0. The van der Waals surface area contributed by atoms with Crippen molar-refractivity contribution in [1.29, 1.82) is 0 Å². The van der Waals surface area contributed by atoms with Crippen LogP contribution >= 0.6 is 23.2 Å². The first-order valence-corrected chi connectivity index (χ1v) is 7.99. The van der Waals surface area contributed by atoms with Gasteiger partial charge in [-0.25, -0.2) is 9.78 Å². The highest BCUT2D eigenvalue weighted by Crippen LogP contribution is 2.15. The molecule has 0 aliphatic carbocycles. The number of benzene rings is 1. The fourth-order valence-electron chi connectivity index (χ4n) is 2.58. The number of H-pyrrole nitrogens is 1. The van der Waals surface area contributed by atoms with Crippen LogP contribution in [-0.4, -0.2) is 19.1 Å². The van der Waals surface area contributed by atoms with Crippen molar-refractivity contribution in [3.63, 3.8) is 0 Å². The SMILES string of the molecule is CCn1c(CCl)nc2c1c(=O)[nH]c(=O)n2Cc1ccc(Cl)cc1. The maximum Gasteiger partial charge on any atom is 0.330 e. The minimum atomic E-state index is -0.501. The number of alkyl halides is 1. The van der Waals surface area contributed by atoms with Crippen LogP contribution in [0, 0.1) is 0 Å². The number of rotatable bonds is 4. The maximum atomic E-state index is 12.2. The van der Waals surface area contributed by atoms with E-state index in [4.69, 9.17) is 23.2 Å². The van der Waals surface area contributed by atoms with Crippen LogP contribution in [0.25, 0.3) is 11.2 Å². The molecule has 120 valence electrons. The number of halogens is 2. The predicted octanol–water partition coefficient (Wildman–Crippen LogP) is 2.35. The molecule has 0 amide bonds. The van der Waals surface area contributed by atoms with Gasteiger partial charge in [-0.05, 0) is 24.6 Å². The lowest BCUT2D eigenvalue weighted by Crippen LogP contribution is -2.31. The molecule has 6 nitrogen and oxygen atoms in total. The van der Waals surface area contributed by atoms with Crippen LogP contribution in [-0.2, 0) is 19.0 Å². The summed E-state index contributed by atoms with van der Waals surface area (Å²) < 4.78 is 3.15. The fourth-order valence-corrected chi connectivity index (χ4v) is 2.91. The molecule has 3 aromatic rings. The molecule has 2 aromatic heterocycles. The van der Waals surface area contributed by atoms with Gasteiger partial charge in [0.2, 0.25) is 0 Å².